The van der Waals surface area contributed by atoms with Crippen LogP contribution in [0.4, 0.5) is 0 Å². The number of rotatable bonds is 5. The van der Waals surface area contributed by atoms with Gasteiger partial charge in [-0.3, -0.25) is 4.79 Å². The van der Waals surface area contributed by atoms with Gasteiger partial charge < -0.3 is 14.4 Å². The number of hydrogen-bond donors (Lipinski definition) is 1. The van der Waals surface area contributed by atoms with Gasteiger partial charge in [0.05, 0.1) is 12.3 Å². The lowest BCUT2D eigenvalue weighted by Crippen LogP contribution is -2.33. The van der Waals surface area contributed by atoms with Crippen molar-refractivity contribution in [2.75, 3.05) is 13.2 Å². The number of benzene rings is 1. The molecule has 0 bridgehead atoms. The van der Waals surface area contributed by atoms with E-state index >= 15 is 0 Å². The molecule has 2 aromatic rings. The number of hydrogen-bond acceptors (Lipinski definition) is 4. The van der Waals surface area contributed by atoms with E-state index in [9.17, 15) is 4.79 Å². The molecule has 0 radical (unpaired) electrons. The number of aryl methyl sites for hydroxylation is 2. The van der Waals surface area contributed by atoms with E-state index in [1.165, 1.54) is 0 Å². The topological polar surface area (TPSA) is 66.6 Å². The summed E-state index contributed by atoms with van der Waals surface area (Å²) < 4.78 is 5.36. The molecule has 0 saturated carbocycles. The number of aromatic nitrogens is 1. The summed E-state index contributed by atoms with van der Waals surface area (Å²) in [7, 11) is 0. The van der Waals surface area contributed by atoms with Gasteiger partial charge in [0, 0.05) is 20.0 Å². The number of nitrogens with zero attached hydrogens (tertiary/aromatic N) is 2. The fourth-order valence-electron chi connectivity index (χ4n) is 2.05. The number of aliphatic hydroxyl groups is 1. The Labute approximate surface area is 117 Å². The Morgan fingerprint density at radius 3 is 2.55 bits per heavy atom. The summed E-state index contributed by atoms with van der Waals surface area (Å²) in [6.45, 7) is 4.04. The Hall–Kier alpha value is -2.14. The zero-order chi connectivity index (χ0) is 14.5. The van der Waals surface area contributed by atoms with Crippen molar-refractivity contribution < 1.29 is 14.3 Å². The third-order valence-corrected chi connectivity index (χ3v) is 2.97. The van der Waals surface area contributed by atoms with Crippen LogP contribution in [-0.2, 0) is 6.54 Å². The van der Waals surface area contributed by atoms with Crippen molar-refractivity contribution in [1.82, 2.24) is 9.88 Å². The molecule has 1 aromatic heterocycles. The van der Waals surface area contributed by atoms with Crippen LogP contribution in [0.25, 0.3) is 0 Å². The van der Waals surface area contributed by atoms with E-state index in [0.717, 1.165) is 5.56 Å². The molecule has 0 spiro atoms. The predicted octanol–water partition coefficient (Wildman–Crippen LogP) is 1.93. The van der Waals surface area contributed by atoms with E-state index in [4.69, 9.17) is 9.52 Å². The summed E-state index contributed by atoms with van der Waals surface area (Å²) in [5.41, 5.74) is 1.58. The molecule has 0 aliphatic rings. The van der Waals surface area contributed by atoms with Gasteiger partial charge >= 0.3 is 0 Å². The van der Waals surface area contributed by atoms with Crippen LogP contribution >= 0.6 is 0 Å². The quantitative estimate of drug-likeness (QED) is 0.904. The molecule has 0 atom stereocenters. The maximum absolute atomic E-state index is 12.5. The van der Waals surface area contributed by atoms with E-state index in [0.29, 0.717) is 18.1 Å². The van der Waals surface area contributed by atoms with Gasteiger partial charge in [0.2, 0.25) is 5.76 Å². The van der Waals surface area contributed by atoms with Gasteiger partial charge in [0.25, 0.3) is 5.91 Å². The Morgan fingerprint density at radius 2 is 2.00 bits per heavy atom. The molecule has 0 unspecified atom stereocenters. The van der Waals surface area contributed by atoms with E-state index in [-0.39, 0.29) is 24.8 Å². The second-order valence-electron chi connectivity index (χ2n) is 4.58. The van der Waals surface area contributed by atoms with Gasteiger partial charge in [0.1, 0.15) is 0 Å². The number of amides is 1. The molecule has 0 saturated heterocycles. The average molecular weight is 274 g/mol. The average Bonchev–Trinajstić information content (AvgIpc) is 2.77. The maximum atomic E-state index is 12.5. The van der Waals surface area contributed by atoms with Crippen LogP contribution in [0.3, 0.4) is 0 Å². The molecule has 1 aromatic carbocycles. The summed E-state index contributed by atoms with van der Waals surface area (Å²) in [5.74, 6) is 0.461. The molecule has 0 aliphatic heterocycles. The standard InChI is InChI=1S/C15H18N2O3/c1-11-14(20-12(2)16-11)15(19)17(8-9-18)10-13-6-4-3-5-7-13/h3-7,18H,8-10H2,1-2H3. The van der Waals surface area contributed by atoms with Crippen molar-refractivity contribution in [3.63, 3.8) is 0 Å². The molecule has 5 nitrogen and oxygen atoms in total. The molecule has 1 amide bonds. The Morgan fingerprint density at radius 1 is 1.30 bits per heavy atom. The third kappa shape index (κ3) is 3.24. The summed E-state index contributed by atoms with van der Waals surface area (Å²) in [6, 6.07) is 9.64. The first-order chi connectivity index (χ1) is 9.61. The normalized spacial score (nSPS) is 10.6. The number of oxazole rings is 1. The van der Waals surface area contributed by atoms with Crippen molar-refractivity contribution in [2.45, 2.75) is 20.4 Å². The Kier molecular flexibility index (Phi) is 4.53. The van der Waals surface area contributed by atoms with Crippen LogP contribution in [0, 0.1) is 13.8 Å². The van der Waals surface area contributed by atoms with Crippen molar-refractivity contribution in [3.05, 3.63) is 53.2 Å². The van der Waals surface area contributed by atoms with Gasteiger partial charge in [0.15, 0.2) is 5.89 Å². The fourth-order valence-corrected chi connectivity index (χ4v) is 2.05. The zero-order valence-corrected chi connectivity index (χ0v) is 11.7. The first kappa shape index (κ1) is 14.3. The minimum Gasteiger partial charge on any atom is -0.436 e. The first-order valence-electron chi connectivity index (χ1n) is 6.50. The van der Waals surface area contributed by atoms with Gasteiger partial charge in [-0.2, -0.15) is 0 Å². The molecule has 0 aliphatic carbocycles. The van der Waals surface area contributed by atoms with E-state index < -0.39 is 0 Å². The second kappa shape index (κ2) is 6.34. The van der Waals surface area contributed by atoms with Crippen LogP contribution in [0.5, 0.6) is 0 Å². The highest BCUT2D eigenvalue weighted by atomic mass is 16.4. The summed E-state index contributed by atoms with van der Waals surface area (Å²) in [4.78, 5) is 18.1. The number of aliphatic hydroxyl groups excluding tert-OH is 1. The minimum absolute atomic E-state index is 0.0925. The highest BCUT2D eigenvalue weighted by Crippen LogP contribution is 2.14. The summed E-state index contributed by atoms with van der Waals surface area (Å²) in [5, 5.41) is 9.14. The van der Waals surface area contributed by atoms with Crippen molar-refractivity contribution in [2.24, 2.45) is 0 Å². The lowest BCUT2D eigenvalue weighted by molar-refractivity contribution is 0.0673. The Balaban J connectivity index is 2.20. The van der Waals surface area contributed by atoms with Gasteiger partial charge in [-0.1, -0.05) is 30.3 Å². The van der Waals surface area contributed by atoms with E-state index in [1.54, 1.807) is 18.7 Å². The molecule has 2 rings (SSSR count). The van der Waals surface area contributed by atoms with Crippen LogP contribution < -0.4 is 0 Å². The molecule has 1 N–H and O–H groups in total. The van der Waals surface area contributed by atoms with Gasteiger partial charge in [-0.15, -0.1) is 0 Å². The second-order valence-corrected chi connectivity index (χ2v) is 4.58. The Bertz CT molecular complexity index is 578. The monoisotopic (exact) mass is 274 g/mol. The van der Waals surface area contributed by atoms with Gasteiger partial charge in [-0.05, 0) is 12.5 Å². The molecule has 20 heavy (non-hydrogen) atoms. The predicted molar refractivity (Wildman–Crippen MR) is 74.2 cm³/mol. The highest BCUT2D eigenvalue weighted by molar-refractivity contribution is 5.92. The smallest absolute Gasteiger partial charge is 0.291 e. The lowest BCUT2D eigenvalue weighted by atomic mass is 10.2. The molecule has 0 fully saturated rings. The third-order valence-electron chi connectivity index (χ3n) is 2.97. The fraction of sp³-hybridized carbons (Fsp3) is 0.333. The lowest BCUT2D eigenvalue weighted by Gasteiger charge is -2.20. The molecule has 1 heterocycles. The number of carbonyl (C=O) groups excluding carboxylic acids is 1. The van der Waals surface area contributed by atoms with Crippen molar-refractivity contribution in [1.29, 1.82) is 0 Å². The molecule has 106 valence electrons. The number of carbonyl (C=O) groups is 1. The van der Waals surface area contributed by atoms with Gasteiger partial charge in [-0.25, -0.2) is 4.98 Å². The van der Waals surface area contributed by atoms with Crippen molar-refractivity contribution >= 4 is 5.91 Å². The van der Waals surface area contributed by atoms with Crippen LogP contribution in [0.1, 0.15) is 27.7 Å². The van der Waals surface area contributed by atoms with Crippen LogP contribution in [0.15, 0.2) is 34.7 Å². The zero-order valence-electron chi connectivity index (χ0n) is 11.7. The largest absolute Gasteiger partial charge is 0.436 e. The first-order valence-corrected chi connectivity index (χ1v) is 6.50. The maximum Gasteiger partial charge on any atom is 0.291 e. The molecular weight excluding hydrogens is 256 g/mol. The van der Waals surface area contributed by atoms with Crippen LogP contribution in [0.2, 0.25) is 0 Å². The summed E-state index contributed by atoms with van der Waals surface area (Å²) >= 11 is 0. The molecular formula is C15H18N2O3. The summed E-state index contributed by atoms with van der Waals surface area (Å²) in [6.07, 6.45) is 0. The van der Waals surface area contributed by atoms with Crippen LogP contribution in [-0.4, -0.2) is 34.0 Å². The minimum atomic E-state index is -0.249. The van der Waals surface area contributed by atoms with E-state index in [2.05, 4.69) is 4.98 Å². The van der Waals surface area contributed by atoms with E-state index in [1.807, 2.05) is 30.3 Å². The highest BCUT2D eigenvalue weighted by Gasteiger charge is 2.22. The van der Waals surface area contributed by atoms with Crippen molar-refractivity contribution in [3.8, 4) is 0 Å². The molecule has 5 heteroatoms. The SMILES string of the molecule is Cc1nc(C)c(C(=O)N(CCO)Cc2ccccc2)o1.